The number of rotatable bonds is 6. The molecule has 172 valence electrons. The average Bonchev–Trinajstić information content (AvgIpc) is 3.13. The largest absolute Gasteiger partial charge is 0.365 e. The highest BCUT2D eigenvalue weighted by Crippen LogP contribution is 2.38. The van der Waals surface area contributed by atoms with Gasteiger partial charge in [0, 0.05) is 4.88 Å². The summed E-state index contributed by atoms with van der Waals surface area (Å²) in [4.78, 5) is 33.9. The lowest BCUT2D eigenvalue weighted by Crippen LogP contribution is -2.20. The van der Waals surface area contributed by atoms with Crippen LogP contribution in [0.4, 0.5) is 5.00 Å². The van der Waals surface area contributed by atoms with Crippen LogP contribution in [0.15, 0.2) is 35.6 Å². The zero-order chi connectivity index (χ0) is 23.8. The van der Waals surface area contributed by atoms with Crippen molar-refractivity contribution in [3.63, 3.8) is 0 Å². The molecule has 0 radical (unpaired) electrons. The Labute approximate surface area is 200 Å². The highest BCUT2D eigenvalue weighted by Gasteiger charge is 2.27. The van der Waals surface area contributed by atoms with Crippen LogP contribution in [0.3, 0.4) is 0 Å². The van der Waals surface area contributed by atoms with Crippen LogP contribution in [0.25, 0.3) is 0 Å². The number of fused-ring (bicyclic) bond motifs is 1. The summed E-state index contributed by atoms with van der Waals surface area (Å²) in [7, 11) is -3.94. The van der Waals surface area contributed by atoms with E-state index in [-0.39, 0.29) is 16.5 Å². The minimum absolute atomic E-state index is 0.107. The maximum absolute atomic E-state index is 13.0. The first-order valence-electron chi connectivity index (χ1n) is 10.2. The number of aromatic nitrogens is 2. The molecule has 0 aliphatic heterocycles. The number of carbonyl (C=O) groups is 2. The van der Waals surface area contributed by atoms with Crippen molar-refractivity contribution in [1.82, 2.24) is 9.97 Å². The number of amides is 2. The van der Waals surface area contributed by atoms with Crippen molar-refractivity contribution in [2.24, 2.45) is 5.73 Å². The van der Waals surface area contributed by atoms with Crippen molar-refractivity contribution in [3.8, 4) is 0 Å². The van der Waals surface area contributed by atoms with Gasteiger partial charge in [0.2, 0.25) is 15.0 Å². The summed E-state index contributed by atoms with van der Waals surface area (Å²) in [5.41, 5.74) is 7.86. The molecular weight excluding hydrogens is 484 g/mol. The minimum atomic E-state index is -3.94. The molecule has 0 unspecified atom stereocenters. The first kappa shape index (κ1) is 23.3. The van der Waals surface area contributed by atoms with Crippen LogP contribution in [0, 0.1) is 6.92 Å². The fraction of sp³-hybridized carbons (Fsp3) is 0.273. The van der Waals surface area contributed by atoms with E-state index in [2.05, 4.69) is 15.3 Å². The third-order valence-corrected chi connectivity index (χ3v) is 8.39. The fourth-order valence-corrected chi connectivity index (χ4v) is 6.55. The Kier molecular flexibility index (Phi) is 6.51. The molecule has 11 heteroatoms. The lowest BCUT2D eigenvalue weighted by molar-refractivity contribution is 0.100. The average molecular weight is 505 g/mol. The maximum Gasteiger partial charge on any atom is 0.276 e. The molecule has 33 heavy (non-hydrogen) atoms. The SMILES string of the molecule is Cc1ccccc1CS(=O)(=O)c1ncc(Cl)c(C(=O)Nc2sc3c(c2C(N)=O)CCCC3)n1. The third kappa shape index (κ3) is 4.78. The highest BCUT2D eigenvalue weighted by molar-refractivity contribution is 7.90. The molecule has 0 saturated carbocycles. The van der Waals surface area contributed by atoms with Crippen molar-refractivity contribution < 1.29 is 18.0 Å². The van der Waals surface area contributed by atoms with E-state index in [0.717, 1.165) is 47.9 Å². The Morgan fingerprint density at radius 1 is 1.21 bits per heavy atom. The van der Waals surface area contributed by atoms with Crippen molar-refractivity contribution in [2.45, 2.75) is 43.5 Å². The van der Waals surface area contributed by atoms with Gasteiger partial charge in [0.05, 0.1) is 22.5 Å². The molecule has 3 aromatic rings. The standard InChI is InChI=1S/C22H21ClN4O4S2/c1-12-6-2-3-7-13(12)11-33(30,31)22-25-10-15(23)18(26-22)20(29)27-21-17(19(24)28)14-8-4-5-9-16(14)32-21/h2-3,6-7,10H,4-5,8-9,11H2,1H3,(H2,24,28)(H,27,29). The van der Waals surface area contributed by atoms with E-state index in [0.29, 0.717) is 16.1 Å². The summed E-state index contributed by atoms with van der Waals surface area (Å²) >= 11 is 7.42. The number of nitrogens with one attached hydrogen (secondary N) is 1. The van der Waals surface area contributed by atoms with Crippen LogP contribution in [-0.2, 0) is 28.4 Å². The van der Waals surface area contributed by atoms with E-state index in [1.54, 1.807) is 12.1 Å². The number of sulfone groups is 1. The molecule has 2 heterocycles. The second kappa shape index (κ2) is 9.20. The molecule has 0 saturated heterocycles. The summed E-state index contributed by atoms with van der Waals surface area (Å²) in [5, 5.41) is 2.36. The van der Waals surface area contributed by atoms with Crippen molar-refractivity contribution in [2.75, 3.05) is 5.32 Å². The molecule has 1 aliphatic rings. The number of benzene rings is 1. The van der Waals surface area contributed by atoms with Gasteiger partial charge in [-0.2, -0.15) is 0 Å². The van der Waals surface area contributed by atoms with E-state index >= 15 is 0 Å². The summed E-state index contributed by atoms with van der Waals surface area (Å²) in [6.07, 6.45) is 4.56. The predicted molar refractivity (Wildman–Crippen MR) is 127 cm³/mol. The molecule has 8 nitrogen and oxygen atoms in total. The van der Waals surface area contributed by atoms with Crippen LogP contribution in [0.1, 0.15) is 55.3 Å². The number of thiophene rings is 1. The number of aryl methyl sites for hydroxylation is 2. The molecule has 0 atom stereocenters. The lowest BCUT2D eigenvalue weighted by atomic mass is 9.95. The Hall–Kier alpha value is -2.82. The lowest BCUT2D eigenvalue weighted by Gasteiger charge is -2.11. The summed E-state index contributed by atoms with van der Waals surface area (Å²) in [6.45, 7) is 1.81. The maximum atomic E-state index is 13.0. The van der Waals surface area contributed by atoms with Gasteiger partial charge in [-0.3, -0.25) is 9.59 Å². The first-order valence-corrected chi connectivity index (χ1v) is 13.1. The summed E-state index contributed by atoms with van der Waals surface area (Å²) in [5.74, 6) is -1.68. The number of carbonyl (C=O) groups excluding carboxylic acids is 2. The van der Waals surface area contributed by atoms with Gasteiger partial charge in [-0.05, 0) is 49.3 Å². The molecule has 4 rings (SSSR count). The zero-order valence-electron chi connectivity index (χ0n) is 17.7. The van der Waals surface area contributed by atoms with E-state index < -0.39 is 26.8 Å². The van der Waals surface area contributed by atoms with Gasteiger partial charge in [-0.1, -0.05) is 35.9 Å². The Morgan fingerprint density at radius 3 is 2.67 bits per heavy atom. The molecular formula is C22H21ClN4O4S2. The molecule has 0 fully saturated rings. The minimum Gasteiger partial charge on any atom is -0.365 e. The van der Waals surface area contributed by atoms with Gasteiger partial charge in [0.15, 0.2) is 5.69 Å². The second-order valence-corrected chi connectivity index (χ2v) is 11.2. The smallest absolute Gasteiger partial charge is 0.276 e. The number of halogens is 1. The van der Waals surface area contributed by atoms with Crippen LogP contribution < -0.4 is 11.1 Å². The van der Waals surface area contributed by atoms with E-state index in [1.807, 2.05) is 19.1 Å². The molecule has 0 bridgehead atoms. The van der Waals surface area contributed by atoms with Gasteiger partial charge in [0.1, 0.15) is 5.00 Å². The number of anilines is 1. The molecule has 2 aromatic heterocycles. The fourth-order valence-electron chi connectivity index (χ4n) is 3.78. The van der Waals surface area contributed by atoms with Crippen LogP contribution >= 0.6 is 22.9 Å². The van der Waals surface area contributed by atoms with Crippen molar-refractivity contribution in [3.05, 3.63) is 68.3 Å². The van der Waals surface area contributed by atoms with Gasteiger partial charge >= 0.3 is 0 Å². The molecule has 1 aliphatic carbocycles. The van der Waals surface area contributed by atoms with Gasteiger partial charge in [-0.15, -0.1) is 11.3 Å². The second-order valence-electron chi connectivity index (χ2n) is 7.77. The van der Waals surface area contributed by atoms with Crippen molar-refractivity contribution >= 4 is 49.6 Å². The Bertz CT molecular complexity index is 1370. The van der Waals surface area contributed by atoms with Crippen LogP contribution in [0.2, 0.25) is 5.02 Å². The quantitative estimate of drug-likeness (QED) is 0.492. The van der Waals surface area contributed by atoms with Crippen molar-refractivity contribution in [1.29, 1.82) is 0 Å². The number of hydrogen-bond donors (Lipinski definition) is 2. The molecule has 0 spiro atoms. The number of hydrogen-bond acceptors (Lipinski definition) is 7. The molecule has 2 amide bonds. The number of nitrogens with zero attached hydrogens (tertiary/aromatic N) is 2. The Balaban J connectivity index is 1.65. The predicted octanol–water partition coefficient (Wildman–Crippen LogP) is 3.70. The van der Waals surface area contributed by atoms with Crippen LogP contribution in [0.5, 0.6) is 0 Å². The normalized spacial score (nSPS) is 13.4. The summed E-state index contributed by atoms with van der Waals surface area (Å²) in [6, 6.07) is 7.08. The van der Waals surface area contributed by atoms with E-state index in [1.165, 1.54) is 11.3 Å². The van der Waals surface area contributed by atoms with Gasteiger partial charge in [-0.25, -0.2) is 18.4 Å². The van der Waals surface area contributed by atoms with Gasteiger partial charge < -0.3 is 11.1 Å². The summed E-state index contributed by atoms with van der Waals surface area (Å²) < 4.78 is 25.8. The van der Waals surface area contributed by atoms with E-state index in [4.69, 9.17) is 17.3 Å². The topological polar surface area (TPSA) is 132 Å². The zero-order valence-corrected chi connectivity index (χ0v) is 20.1. The highest BCUT2D eigenvalue weighted by atomic mass is 35.5. The first-order chi connectivity index (χ1) is 15.7. The van der Waals surface area contributed by atoms with E-state index in [9.17, 15) is 18.0 Å². The third-order valence-electron chi connectivity index (χ3n) is 5.47. The van der Waals surface area contributed by atoms with Gasteiger partial charge in [0.25, 0.3) is 11.8 Å². The number of primary amides is 1. The molecule has 1 aromatic carbocycles. The van der Waals surface area contributed by atoms with Crippen LogP contribution in [-0.4, -0.2) is 30.2 Å². The Morgan fingerprint density at radius 2 is 1.94 bits per heavy atom. The molecule has 3 N–H and O–H groups in total. The monoisotopic (exact) mass is 504 g/mol. The number of nitrogens with two attached hydrogens (primary N) is 1.